The van der Waals surface area contributed by atoms with Gasteiger partial charge in [-0.25, -0.2) is 13.1 Å². The van der Waals surface area contributed by atoms with E-state index in [1.807, 2.05) is 0 Å². The van der Waals surface area contributed by atoms with Crippen LogP contribution >= 0.6 is 11.3 Å². The first kappa shape index (κ1) is 16.9. The van der Waals surface area contributed by atoms with E-state index in [0.717, 1.165) is 43.0 Å². The Morgan fingerprint density at radius 1 is 1.29 bits per heavy atom. The molecule has 0 radical (unpaired) electrons. The Labute approximate surface area is 132 Å². The summed E-state index contributed by atoms with van der Waals surface area (Å²) < 4.78 is 27.7. The van der Waals surface area contributed by atoms with E-state index < -0.39 is 10.0 Å². The van der Waals surface area contributed by atoms with E-state index in [9.17, 15) is 8.42 Å². The monoisotopic (exact) mass is 330 g/mol. The van der Waals surface area contributed by atoms with Crippen LogP contribution in [0.15, 0.2) is 16.3 Å². The number of hydrogen-bond acceptors (Lipinski definition) is 4. The second-order valence-electron chi connectivity index (χ2n) is 6.36. The van der Waals surface area contributed by atoms with Crippen LogP contribution in [0.3, 0.4) is 0 Å². The van der Waals surface area contributed by atoms with Gasteiger partial charge in [0.25, 0.3) is 0 Å². The quantitative estimate of drug-likeness (QED) is 0.842. The van der Waals surface area contributed by atoms with Gasteiger partial charge in [-0.2, -0.15) is 0 Å². The Morgan fingerprint density at radius 2 is 1.95 bits per heavy atom. The number of hydrogen-bond donors (Lipinski definition) is 2. The van der Waals surface area contributed by atoms with Crippen molar-refractivity contribution in [1.82, 2.24) is 10.0 Å². The second-order valence-corrected chi connectivity index (χ2v) is 9.07. The third kappa shape index (κ3) is 5.06. The predicted molar refractivity (Wildman–Crippen MR) is 88.0 cm³/mol. The molecule has 1 fully saturated rings. The maximum atomic E-state index is 12.4. The van der Waals surface area contributed by atoms with Crippen molar-refractivity contribution >= 4 is 21.4 Å². The molecular formula is C15H26N2O2S2. The Hall–Kier alpha value is -0.430. The van der Waals surface area contributed by atoms with Gasteiger partial charge in [0.15, 0.2) is 0 Å². The summed E-state index contributed by atoms with van der Waals surface area (Å²) in [5, 5.41) is 5.05. The van der Waals surface area contributed by atoms with Crippen LogP contribution in [0, 0.1) is 5.92 Å². The number of thiophene rings is 1. The third-order valence-corrected chi connectivity index (χ3v) is 6.55. The van der Waals surface area contributed by atoms with Gasteiger partial charge in [-0.05, 0) is 37.7 Å². The van der Waals surface area contributed by atoms with Gasteiger partial charge in [0.2, 0.25) is 10.0 Å². The third-order valence-electron chi connectivity index (χ3n) is 3.96. The fourth-order valence-electron chi connectivity index (χ4n) is 2.56. The zero-order chi connectivity index (χ0) is 15.5. The zero-order valence-electron chi connectivity index (χ0n) is 13.1. The van der Waals surface area contributed by atoms with Gasteiger partial charge < -0.3 is 5.32 Å². The van der Waals surface area contributed by atoms with Gasteiger partial charge in [0.1, 0.15) is 0 Å². The molecule has 0 amide bonds. The molecule has 0 bridgehead atoms. The predicted octanol–water partition coefficient (Wildman–Crippen LogP) is 3.10. The van der Waals surface area contributed by atoms with Crippen molar-refractivity contribution in [2.45, 2.75) is 70.0 Å². The molecular weight excluding hydrogens is 304 g/mol. The molecule has 1 heterocycles. The second kappa shape index (κ2) is 7.22. The lowest BCUT2D eigenvalue weighted by Crippen LogP contribution is -2.37. The van der Waals surface area contributed by atoms with Crippen LogP contribution in [0.2, 0.25) is 0 Å². The van der Waals surface area contributed by atoms with Crippen molar-refractivity contribution < 1.29 is 8.42 Å². The molecule has 1 saturated carbocycles. The molecule has 0 atom stereocenters. The van der Waals surface area contributed by atoms with Crippen LogP contribution in [0.5, 0.6) is 0 Å². The lowest BCUT2D eigenvalue weighted by molar-refractivity contribution is 0.332. The number of rotatable bonds is 6. The van der Waals surface area contributed by atoms with Crippen LogP contribution in [0.25, 0.3) is 0 Å². The van der Waals surface area contributed by atoms with Crippen molar-refractivity contribution in [3.05, 3.63) is 16.3 Å². The van der Waals surface area contributed by atoms with Crippen molar-refractivity contribution in [3.63, 3.8) is 0 Å². The minimum Gasteiger partial charge on any atom is -0.310 e. The highest BCUT2D eigenvalue weighted by atomic mass is 32.2. The maximum Gasteiger partial charge on any atom is 0.241 e. The van der Waals surface area contributed by atoms with Gasteiger partial charge in [0.05, 0.1) is 4.90 Å². The minimum atomic E-state index is -3.36. The normalized spacial score (nSPS) is 23.6. The summed E-state index contributed by atoms with van der Waals surface area (Å²) in [5.41, 5.74) is 0. The van der Waals surface area contributed by atoms with Crippen LogP contribution in [-0.2, 0) is 16.6 Å². The van der Waals surface area contributed by atoms with Crippen molar-refractivity contribution in [2.24, 2.45) is 5.92 Å². The standard InChI is InChI=1S/C15H26N2O2S2/c1-11(2)16-9-14-8-15(10-20-14)21(18,19)17-13-6-4-12(3)5-7-13/h8,10-13,16-17H,4-7,9H2,1-3H3. The Balaban J connectivity index is 1.96. The Kier molecular flexibility index (Phi) is 5.82. The Bertz CT molecular complexity index is 544. The highest BCUT2D eigenvalue weighted by Crippen LogP contribution is 2.26. The highest BCUT2D eigenvalue weighted by Gasteiger charge is 2.24. The van der Waals surface area contributed by atoms with E-state index >= 15 is 0 Å². The molecule has 2 N–H and O–H groups in total. The molecule has 0 unspecified atom stereocenters. The SMILES string of the molecule is CC1CCC(NS(=O)(=O)c2csc(CNC(C)C)c2)CC1. The van der Waals surface area contributed by atoms with Crippen LogP contribution in [0.1, 0.15) is 51.3 Å². The largest absolute Gasteiger partial charge is 0.310 e. The average Bonchev–Trinajstić information content (AvgIpc) is 2.88. The van der Waals surface area contributed by atoms with Gasteiger partial charge in [-0.15, -0.1) is 11.3 Å². The fraction of sp³-hybridized carbons (Fsp3) is 0.733. The first-order valence-corrected chi connectivity index (χ1v) is 10.1. The maximum absolute atomic E-state index is 12.4. The van der Waals surface area contributed by atoms with E-state index in [2.05, 4.69) is 30.8 Å². The van der Waals surface area contributed by atoms with Crippen molar-refractivity contribution in [3.8, 4) is 0 Å². The zero-order valence-corrected chi connectivity index (χ0v) is 14.7. The molecule has 1 aliphatic carbocycles. The molecule has 1 aromatic rings. The molecule has 2 rings (SSSR count). The minimum absolute atomic E-state index is 0.100. The lowest BCUT2D eigenvalue weighted by atomic mass is 9.88. The summed E-state index contributed by atoms with van der Waals surface area (Å²) in [7, 11) is -3.36. The van der Waals surface area contributed by atoms with Gasteiger partial charge >= 0.3 is 0 Å². The first-order valence-electron chi connectivity index (χ1n) is 7.70. The molecule has 0 aliphatic heterocycles. The van der Waals surface area contributed by atoms with Gasteiger partial charge in [-0.3, -0.25) is 0 Å². The van der Waals surface area contributed by atoms with Crippen LogP contribution in [-0.4, -0.2) is 20.5 Å². The molecule has 120 valence electrons. The highest BCUT2D eigenvalue weighted by molar-refractivity contribution is 7.89. The molecule has 4 nitrogen and oxygen atoms in total. The summed E-state index contributed by atoms with van der Waals surface area (Å²) in [5.74, 6) is 0.723. The number of nitrogens with one attached hydrogen (secondary N) is 2. The van der Waals surface area contributed by atoms with Gasteiger partial charge in [0, 0.05) is 28.9 Å². The van der Waals surface area contributed by atoms with E-state index in [4.69, 9.17) is 0 Å². The topological polar surface area (TPSA) is 58.2 Å². The summed E-state index contributed by atoms with van der Waals surface area (Å²) in [4.78, 5) is 1.47. The number of sulfonamides is 1. The molecule has 1 aliphatic rings. The molecule has 0 aromatic carbocycles. The Morgan fingerprint density at radius 3 is 2.57 bits per heavy atom. The van der Waals surface area contributed by atoms with Gasteiger partial charge in [-0.1, -0.05) is 20.8 Å². The molecule has 1 aromatic heterocycles. The lowest BCUT2D eigenvalue weighted by Gasteiger charge is -2.26. The molecule has 0 saturated heterocycles. The fourth-order valence-corrected chi connectivity index (χ4v) is 5.10. The summed E-state index contributed by atoms with van der Waals surface area (Å²) >= 11 is 1.50. The van der Waals surface area contributed by atoms with Crippen LogP contribution < -0.4 is 10.0 Å². The van der Waals surface area contributed by atoms with E-state index in [-0.39, 0.29) is 6.04 Å². The summed E-state index contributed by atoms with van der Waals surface area (Å²) in [6, 6.07) is 2.28. The summed E-state index contributed by atoms with van der Waals surface area (Å²) in [6.45, 7) is 7.12. The van der Waals surface area contributed by atoms with E-state index in [1.165, 1.54) is 11.3 Å². The van der Waals surface area contributed by atoms with E-state index in [1.54, 1.807) is 11.4 Å². The molecule has 21 heavy (non-hydrogen) atoms. The first-order chi connectivity index (χ1) is 9.87. The molecule has 0 spiro atoms. The molecule has 6 heteroatoms. The van der Waals surface area contributed by atoms with Crippen LogP contribution in [0.4, 0.5) is 0 Å². The van der Waals surface area contributed by atoms with Crippen molar-refractivity contribution in [1.29, 1.82) is 0 Å². The smallest absolute Gasteiger partial charge is 0.241 e. The average molecular weight is 331 g/mol. The van der Waals surface area contributed by atoms with E-state index in [0.29, 0.717) is 10.9 Å². The van der Waals surface area contributed by atoms with Crippen molar-refractivity contribution in [2.75, 3.05) is 0 Å². The summed E-state index contributed by atoms with van der Waals surface area (Å²) in [6.07, 6.45) is 4.12.